The standard InChI is InChI=1S/C90H50N8S4/c1-4-19-51(20-5-1)85-91-86(52-21-6-2-7-22-52)94-90(93-85)58-39-43-73-65(49-58)79-76(99-73)45-46-77-82(79)80-69(33-17-35-74(80)100-77)98-68-32-15-12-29-61(68)62-40-37-55(50-71(62)98)54-25-16-26-56(47-54)88-92-87(53-23-8-3-9-24-53)95-89(96-88)57-38-42-72-64(48-57)63-41-44-78-83(84(63)102-72)81-70(34-18-36-75(81)101-78)97-66-30-13-10-27-59(66)60-28-11-14-31-67(60)97/h1-50H. The summed E-state index contributed by atoms with van der Waals surface area (Å²) < 4.78 is 14.9. The van der Waals surface area contributed by atoms with Crippen LogP contribution in [0.4, 0.5) is 0 Å². The van der Waals surface area contributed by atoms with Crippen LogP contribution in [0.2, 0.25) is 0 Å². The smallest absolute Gasteiger partial charge is 0.164 e. The Labute approximate surface area is 598 Å². The lowest BCUT2D eigenvalue weighted by Gasteiger charge is -2.12. The molecule has 0 unspecified atom stereocenters. The lowest BCUT2D eigenvalue weighted by Crippen LogP contribution is -2.00. The third-order valence-corrected chi connectivity index (χ3v) is 24.8. The van der Waals surface area contributed by atoms with Crippen LogP contribution in [0.3, 0.4) is 0 Å². The number of aromatic nitrogens is 8. The summed E-state index contributed by atoms with van der Waals surface area (Å²) >= 11 is 7.42. The molecule has 8 aromatic heterocycles. The van der Waals surface area contributed by atoms with Crippen molar-refractivity contribution in [2.45, 2.75) is 0 Å². The van der Waals surface area contributed by atoms with Gasteiger partial charge in [0.15, 0.2) is 34.9 Å². The molecule has 14 aromatic carbocycles. The van der Waals surface area contributed by atoms with Crippen molar-refractivity contribution in [3.05, 3.63) is 303 Å². The molecule has 474 valence electrons. The number of hydrogen-bond donors (Lipinski definition) is 0. The Balaban J connectivity index is 0.672. The van der Waals surface area contributed by atoms with Gasteiger partial charge in [-0.3, -0.25) is 0 Å². The van der Waals surface area contributed by atoms with Gasteiger partial charge in [0.2, 0.25) is 0 Å². The molecule has 0 aliphatic rings. The summed E-state index contributed by atoms with van der Waals surface area (Å²) in [5, 5.41) is 14.8. The molecule has 102 heavy (non-hydrogen) atoms. The molecule has 8 heterocycles. The van der Waals surface area contributed by atoms with Gasteiger partial charge >= 0.3 is 0 Å². The van der Waals surface area contributed by atoms with E-state index in [4.69, 9.17) is 29.9 Å². The van der Waals surface area contributed by atoms with E-state index in [0.29, 0.717) is 34.9 Å². The van der Waals surface area contributed by atoms with Crippen molar-refractivity contribution >= 4 is 170 Å². The third-order valence-electron chi connectivity index (χ3n) is 20.2. The van der Waals surface area contributed by atoms with Crippen LogP contribution in [0.15, 0.2) is 303 Å². The Morgan fingerprint density at radius 2 is 0.539 bits per heavy atom. The van der Waals surface area contributed by atoms with E-state index in [1.807, 2.05) is 99.9 Å². The Morgan fingerprint density at radius 3 is 1.10 bits per heavy atom. The predicted molar refractivity (Wildman–Crippen MR) is 431 cm³/mol. The summed E-state index contributed by atoms with van der Waals surface area (Å²) in [6, 6.07) is 109. The van der Waals surface area contributed by atoms with Crippen molar-refractivity contribution in [3.63, 3.8) is 0 Å². The van der Waals surface area contributed by atoms with Crippen molar-refractivity contribution in [2.24, 2.45) is 0 Å². The first kappa shape index (κ1) is 57.5. The largest absolute Gasteiger partial charge is 0.309 e. The zero-order chi connectivity index (χ0) is 66.7. The Hall–Kier alpha value is -12.4. The van der Waals surface area contributed by atoms with Gasteiger partial charge < -0.3 is 9.13 Å². The van der Waals surface area contributed by atoms with E-state index in [1.165, 1.54) is 119 Å². The fourth-order valence-corrected chi connectivity index (χ4v) is 20.3. The molecule has 0 saturated heterocycles. The molecular formula is C90H50N8S4. The van der Waals surface area contributed by atoms with Crippen LogP contribution in [0.5, 0.6) is 0 Å². The first-order valence-corrected chi connectivity index (χ1v) is 37.2. The molecule has 0 spiro atoms. The molecule has 0 atom stereocenters. The van der Waals surface area contributed by atoms with Crippen LogP contribution in [0.1, 0.15) is 0 Å². The van der Waals surface area contributed by atoms with Crippen LogP contribution < -0.4 is 0 Å². The highest BCUT2D eigenvalue weighted by Crippen LogP contribution is 2.51. The first-order valence-electron chi connectivity index (χ1n) is 34.0. The minimum absolute atomic E-state index is 0.604. The van der Waals surface area contributed by atoms with E-state index in [0.717, 1.165) is 61.2 Å². The maximum absolute atomic E-state index is 5.41. The molecule has 0 aliphatic carbocycles. The van der Waals surface area contributed by atoms with E-state index < -0.39 is 0 Å². The third kappa shape index (κ3) is 8.90. The summed E-state index contributed by atoms with van der Waals surface area (Å²) in [4.78, 5) is 31.4. The van der Waals surface area contributed by atoms with E-state index >= 15 is 0 Å². The van der Waals surface area contributed by atoms with Gasteiger partial charge in [-0.05, 0) is 120 Å². The molecular weight excluding hydrogens is 1320 g/mol. The SMILES string of the molecule is c1ccc(-c2nc(-c3cccc(-c4ccc5c6ccccc6n(-c6cccc7sc8ccc9sc%10ccc(-c%11nc(-c%12ccccc%12)nc(-c%12ccccc%12)n%11)cc%10c9c8c67)c5c4)c3)nc(-c3ccc4sc5c(ccc6sc7cccc(-n8c9ccccc9c9ccccc98)c7c65)c4c3)n2)cc1. The minimum Gasteiger partial charge on any atom is -0.309 e. The van der Waals surface area contributed by atoms with E-state index in [9.17, 15) is 0 Å². The van der Waals surface area contributed by atoms with Gasteiger partial charge in [-0.25, -0.2) is 29.9 Å². The summed E-state index contributed by atoms with van der Waals surface area (Å²) in [5.41, 5.74) is 14.7. The lowest BCUT2D eigenvalue weighted by molar-refractivity contribution is 1.07. The van der Waals surface area contributed by atoms with Gasteiger partial charge in [0.1, 0.15) is 0 Å². The fourth-order valence-electron chi connectivity index (χ4n) is 15.6. The molecule has 0 N–H and O–H groups in total. The predicted octanol–water partition coefficient (Wildman–Crippen LogP) is 25.4. The van der Waals surface area contributed by atoms with Crippen LogP contribution in [-0.4, -0.2) is 39.0 Å². The van der Waals surface area contributed by atoms with E-state index in [2.05, 4.69) is 258 Å². The number of hydrogen-bond acceptors (Lipinski definition) is 10. The molecule has 0 bridgehead atoms. The molecule has 0 saturated carbocycles. The average molecular weight is 1370 g/mol. The van der Waals surface area contributed by atoms with Gasteiger partial charge in [-0.1, -0.05) is 194 Å². The maximum atomic E-state index is 5.41. The van der Waals surface area contributed by atoms with Gasteiger partial charge in [-0.15, -0.1) is 45.3 Å². The Kier molecular flexibility index (Phi) is 12.7. The lowest BCUT2D eigenvalue weighted by atomic mass is 10.0. The summed E-state index contributed by atoms with van der Waals surface area (Å²) in [6.45, 7) is 0. The van der Waals surface area contributed by atoms with Gasteiger partial charge in [0.25, 0.3) is 0 Å². The Morgan fingerprint density at radius 1 is 0.186 bits per heavy atom. The molecule has 22 rings (SSSR count). The van der Waals surface area contributed by atoms with Crippen molar-refractivity contribution in [2.75, 3.05) is 0 Å². The van der Waals surface area contributed by atoms with Crippen molar-refractivity contribution in [3.8, 4) is 90.8 Å². The molecule has 22 aromatic rings. The highest BCUT2D eigenvalue weighted by atomic mass is 32.1. The van der Waals surface area contributed by atoms with Crippen molar-refractivity contribution in [1.29, 1.82) is 0 Å². The minimum atomic E-state index is 0.604. The fraction of sp³-hybridized carbons (Fsp3) is 0. The molecule has 12 heteroatoms. The maximum Gasteiger partial charge on any atom is 0.164 e. The monoisotopic (exact) mass is 1370 g/mol. The Bertz CT molecular complexity index is 7150. The average Bonchev–Trinajstić information content (AvgIpc) is 1.56. The van der Waals surface area contributed by atoms with Gasteiger partial charge in [0, 0.05) is 136 Å². The number of fused-ring (bicyclic) bond motifs is 20. The molecule has 0 radical (unpaired) electrons. The summed E-state index contributed by atoms with van der Waals surface area (Å²) in [5.74, 6) is 3.75. The number of thiophene rings is 4. The van der Waals surface area contributed by atoms with Gasteiger partial charge in [-0.2, -0.15) is 0 Å². The van der Waals surface area contributed by atoms with Crippen molar-refractivity contribution < 1.29 is 0 Å². The van der Waals surface area contributed by atoms with Gasteiger partial charge in [0.05, 0.1) is 33.4 Å². The quantitative estimate of drug-likeness (QED) is 0.143. The second kappa shape index (κ2) is 22.5. The summed E-state index contributed by atoms with van der Waals surface area (Å²) in [7, 11) is 0. The normalized spacial score (nSPS) is 12.1. The van der Waals surface area contributed by atoms with E-state index in [-0.39, 0.29) is 0 Å². The van der Waals surface area contributed by atoms with E-state index in [1.54, 1.807) is 0 Å². The topological polar surface area (TPSA) is 87.2 Å². The number of para-hydroxylation sites is 3. The zero-order valence-corrected chi connectivity index (χ0v) is 57.3. The van der Waals surface area contributed by atoms with Crippen LogP contribution in [-0.2, 0) is 0 Å². The van der Waals surface area contributed by atoms with Crippen molar-refractivity contribution in [1.82, 2.24) is 39.0 Å². The second-order valence-electron chi connectivity index (χ2n) is 26.0. The first-order chi connectivity index (χ1) is 50.5. The highest BCUT2D eigenvalue weighted by molar-refractivity contribution is 7.30. The molecule has 0 aliphatic heterocycles. The zero-order valence-electron chi connectivity index (χ0n) is 54.1. The number of rotatable bonds is 9. The molecule has 0 fully saturated rings. The highest BCUT2D eigenvalue weighted by Gasteiger charge is 2.25. The van der Waals surface area contributed by atoms with Crippen LogP contribution in [0.25, 0.3) is 215 Å². The second-order valence-corrected chi connectivity index (χ2v) is 30.3. The number of benzene rings is 14. The molecule has 0 amide bonds. The van der Waals surface area contributed by atoms with Crippen LogP contribution >= 0.6 is 45.3 Å². The molecule has 8 nitrogen and oxygen atoms in total. The number of nitrogens with zero attached hydrogens (tertiary/aromatic N) is 8. The summed E-state index contributed by atoms with van der Waals surface area (Å²) in [6.07, 6.45) is 0. The van der Waals surface area contributed by atoms with Crippen LogP contribution in [0, 0.1) is 0 Å².